The summed E-state index contributed by atoms with van der Waals surface area (Å²) in [7, 11) is 0. The van der Waals surface area contributed by atoms with Gasteiger partial charge in [0.25, 0.3) is 0 Å². The number of terminal acetylenes is 2. The molecule has 6 aliphatic carbocycles. The fourth-order valence-electron chi connectivity index (χ4n) is 10.1. The molecule has 248 valence electrons. The van der Waals surface area contributed by atoms with Crippen molar-refractivity contribution in [3.05, 3.63) is 209 Å². The van der Waals surface area contributed by atoms with Crippen LogP contribution in [0.4, 0.5) is 0 Å². The van der Waals surface area contributed by atoms with Gasteiger partial charge in [-0.25, -0.2) is 0 Å². The van der Waals surface area contributed by atoms with Crippen molar-refractivity contribution in [1.29, 1.82) is 0 Å². The molecule has 1 nitrogen and oxygen atoms in total. The molecule has 6 aliphatic rings. The van der Waals surface area contributed by atoms with E-state index >= 15 is 0 Å². The predicted octanol–water partition coefficient (Wildman–Crippen LogP) is 9.59. The van der Waals surface area contributed by atoms with Gasteiger partial charge < -0.3 is 5.73 Å². The summed E-state index contributed by atoms with van der Waals surface area (Å²) in [5.74, 6) is 16.9. The predicted molar refractivity (Wildman–Crippen MR) is 214 cm³/mol. The Balaban J connectivity index is 1.35. The molecule has 0 radical (unpaired) electrons. The zero-order valence-electron chi connectivity index (χ0n) is 29.9. The molecule has 0 heterocycles. The molecule has 0 aliphatic heterocycles. The molecule has 6 aromatic rings. The summed E-state index contributed by atoms with van der Waals surface area (Å²) < 4.78 is 0. The van der Waals surface area contributed by atoms with Crippen LogP contribution in [0.2, 0.25) is 0 Å². The van der Waals surface area contributed by atoms with Crippen molar-refractivity contribution in [1.82, 2.24) is 0 Å². The van der Waals surface area contributed by atoms with Crippen LogP contribution in [0, 0.1) is 48.5 Å². The molecule has 6 aromatic carbocycles. The van der Waals surface area contributed by atoms with Gasteiger partial charge >= 0.3 is 0 Å². The molecule has 0 saturated carbocycles. The summed E-state index contributed by atoms with van der Waals surface area (Å²) in [6, 6.07) is 42.4. The lowest BCUT2D eigenvalue weighted by atomic mass is 9.53. The first-order valence-electron chi connectivity index (χ1n) is 18.3. The van der Waals surface area contributed by atoms with Crippen LogP contribution in [0.25, 0.3) is 0 Å². The molecule has 12 rings (SSSR count). The van der Waals surface area contributed by atoms with E-state index in [9.17, 15) is 0 Å². The van der Waals surface area contributed by atoms with E-state index in [2.05, 4.69) is 160 Å². The largest absolute Gasteiger partial charge is 0.359 e. The van der Waals surface area contributed by atoms with Crippen LogP contribution in [-0.4, -0.2) is 0 Å². The monoisotopic (exact) mass is 673 g/mol. The second-order valence-corrected chi connectivity index (χ2v) is 15.7. The summed E-state index contributed by atoms with van der Waals surface area (Å²) in [6.45, 7) is 6.49. The van der Waals surface area contributed by atoms with Crippen molar-refractivity contribution in [2.75, 3.05) is 0 Å². The zero-order valence-corrected chi connectivity index (χ0v) is 29.9. The van der Waals surface area contributed by atoms with Gasteiger partial charge in [0.15, 0.2) is 0 Å². The molecule has 0 amide bonds. The number of rotatable bonds is 0. The third-order valence-corrected chi connectivity index (χ3v) is 12.1. The smallest absolute Gasteiger partial charge is 0.0418 e. The lowest BCUT2D eigenvalue weighted by molar-refractivity contribution is 0.588. The van der Waals surface area contributed by atoms with E-state index in [1.54, 1.807) is 0 Å². The first-order chi connectivity index (χ1) is 25.9. The van der Waals surface area contributed by atoms with Gasteiger partial charge in [-0.15, -0.1) is 12.8 Å². The molecule has 2 N–H and O–H groups in total. The SMILES string of the molecule is C#Cc1cc(C(C)(C)C)c(C#CN)cc1C#Cc1c2c(c(C#C)c3c1C1c4ccccc4C3c3ccccc31)C1c3ccccc3C2c2ccccc21. The minimum absolute atomic E-state index is 0.00371. The molecule has 53 heavy (non-hydrogen) atoms. The lowest BCUT2D eigenvalue weighted by Gasteiger charge is -2.48. The Morgan fingerprint density at radius 3 is 1.15 bits per heavy atom. The first-order valence-corrected chi connectivity index (χ1v) is 18.3. The molecule has 0 spiro atoms. The third-order valence-electron chi connectivity index (χ3n) is 12.1. The highest BCUT2D eigenvalue weighted by molar-refractivity contribution is 5.82. The van der Waals surface area contributed by atoms with Crippen molar-refractivity contribution in [3.63, 3.8) is 0 Å². The second-order valence-electron chi connectivity index (χ2n) is 15.7. The molecule has 0 aromatic heterocycles. The summed E-state index contributed by atoms with van der Waals surface area (Å²) >= 11 is 0. The minimum Gasteiger partial charge on any atom is -0.359 e. The van der Waals surface area contributed by atoms with Crippen molar-refractivity contribution < 1.29 is 0 Å². The fraction of sp³-hybridized carbons (Fsp3) is 0.154. The maximum Gasteiger partial charge on any atom is 0.0418 e. The van der Waals surface area contributed by atoms with E-state index in [0.29, 0.717) is 0 Å². The van der Waals surface area contributed by atoms with Crippen molar-refractivity contribution >= 4 is 0 Å². The average molecular weight is 674 g/mol. The van der Waals surface area contributed by atoms with E-state index in [1.807, 2.05) is 6.07 Å². The number of hydrogen-bond acceptors (Lipinski definition) is 1. The van der Waals surface area contributed by atoms with Crippen LogP contribution in [0.1, 0.15) is 145 Å². The van der Waals surface area contributed by atoms with Crippen LogP contribution in [0.3, 0.4) is 0 Å². The van der Waals surface area contributed by atoms with Gasteiger partial charge in [-0.3, -0.25) is 0 Å². The Hall–Kier alpha value is -6.64. The van der Waals surface area contributed by atoms with Gasteiger partial charge in [-0.2, -0.15) is 0 Å². The molecule has 0 fully saturated rings. The maximum absolute atomic E-state index is 6.76. The van der Waals surface area contributed by atoms with Gasteiger partial charge in [-0.1, -0.05) is 142 Å². The molecule has 0 unspecified atom stereocenters. The van der Waals surface area contributed by atoms with Crippen LogP contribution in [0.15, 0.2) is 109 Å². The third kappa shape index (κ3) is 4.15. The van der Waals surface area contributed by atoms with Crippen molar-refractivity contribution in [3.8, 4) is 48.5 Å². The summed E-state index contributed by atoms with van der Waals surface area (Å²) in [5.41, 5.74) is 26.7. The molecular weight excluding hydrogens is 639 g/mol. The Bertz CT molecular complexity index is 2610. The highest BCUT2D eigenvalue weighted by Gasteiger charge is 2.50. The Kier molecular flexibility index (Phi) is 6.56. The van der Waals surface area contributed by atoms with Crippen molar-refractivity contribution in [2.45, 2.75) is 49.9 Å². The summed E-state index contributed by atoms with van der Waals surface area (Å²) in [5, 5.41) is 0. The number of hydrogen-bond donors (Lipinski definition) is 1. The normalized spacial score (nSPS) is 18.6. The average Bonchev–Trinajstić information content (AvgIpc) is 3.18. The highest BCUT2D eigenvalue weighted by Crippen LogP contribution is 2.63. The Labute approximate surface area is 312 Å². The Morgan fingerprint density at radius 1 is 0.453 bits per heavy atom. The molecule has 4 bridgehead atoms. The van der Waals surface area contributed by atoms with Crippen LogP contribution < -0.4 is 5.73 Å². The quantitative estimate of drug-likeness (QED) is 0.126. The summed E-state index contributed by atoms with van der Waals surface area (Å²) in [6.07, 6.45) is 13.0. The lowest BCUT2D eigenvalue weighted by Crippen LogP contribution is -2.35. The first kappa shape index (κ1) is 31.1. The summed E-state index contributed by atoms with van der Waals surface area (Å²) in [4.78, 5) is 0. The van der Waals surface area contributed by atoms with E-state index in [-0.39, 0.29) is 29.1 Å². The van der Waals surface area contributed by atoms with Gasteiger partial charge in [0.05, 0.1) is 0 Å². The number of nitrogens with two attached hydrogens (primary N) is 1. The molecule has 1 heteroatoms. The van der Waals surface area contributed by atoms with Gasteiger partial charge in [-0.05, 0) is 95.8 Å². The standard InChI is InChI=1S/C52H35N/c1-6-30-29-43(52(3,4)5)32(26-27-53)28-31(30)24-25-42-50-46-38-20-12-8-16-34(38)44(35-17-9-13-21-39(35)46)48(50)33(7-2)49-45-36-18-10-14-22-40(36)47(51(42)49)41-23-15-11-19-37(41)45/h1-2,8-23,28-29,44-47H,53H2,3-5H3. The number of benzene rings is 6. The molecule has 0 saturated heterocycles. The highest BCUT2D eigenvalue weighted by atomic mass is 14.5. The zero-order chi connectivity index (χ0) is 36.2. The Morgan fingerprint density at radius 2 is 0.830 bits per heavy atom. The van der Waals surface area contributed by atoms with Crippen molar-refractivity contribution in [2.24, 2.45) is 5.73 Å². The van der Waals surface area contributed by atoms with Gasteiger partial charge in [0.2, 0.25) is 0 Å². The van der Waals surface area contributed by atoms with E-state index in [0.717, 1.165) is 33.4 Å². The molecular formula is C52H35N. The van der Waals surface area contributed by atoms with E-state index in [4.69, 9.17) is 18.6 Å². The topological polar surface area (TPSA) is 26.0 Å². The van der Waals surface area contributed by atoms with Gasteiger partial charge in [0, 0.05) is 57.5 Å². The van der Waals surface area contributed by atoms with E-state index in [1.165, 1.54) is 66.8 Å². The molecule has 0 atom stereocenters. The van der Waals surface area contributed by atoms with Crippen LogP contribution in [-0.2, 0) is 5.41 Å². The minimum atomic E-state index is -0.181. The second kappa shape index (κ2) is 11.2. The maximum atomic E-state index is 6.76. The van der Waals surface area contributed by atoms with Crippen LogP contribution in [0.5, 0.6) is 0 Å². The fourth-order valence-corrected chi connectivity index (χ4v) is 10.1. The van der Waals surface area contributed by atoms with E-state index < -0.39 is 0 Å². The van der Waals surface area contributed by atoms with Crippen LogP contribution >= 0.6 is 0 Å². The van der Waals surface area contributed by atoms with Gasteiger partial charge in [0.1, 0.15) is 0 Å².